The number of ether oxygens (including phenoxy) is 3. The molecule has 0 saturated carbocycles. The molecule has 0 N–H and O–H groups in total. The molecule has 0 aliphatic heterocycles. The van der Waals surface area contributed by atoms with Gasteiger partial charge in [-0.2, -0.15) is 0 Å². The van der Waals surface area contributed by atoms with Crippen molar-refractivity contribution in [3.05, 3.63) is 81.8 Å². The number of hydrogen-bond donors (Lipinski definition) is 0. The van der Waals surface area contributed by atoms with Crippen molar-refractivity contribution < 1.29 is 23.4 Å². The van der Waals surface area contributed by atoms with Gasteiger partial charge in [0.2, 0.25) is 11.2 Å². The van der Waals surface area contributed by atoms with Crippen LogP contribution < -0.4 is 19.6 Å². The smallest absolute Gasteiger partial charge is 0.343 e. The van der Waals surface area contributed by atoms with Crippen LogP contribution in [0, 0.1) is 13.8 Å². The summed E-state index contributed by atoms with van der Waals surface area (Å²) in [6, 6.07) is 11.7. The fraction of sp³-hybridized carbons (Fsp3) is 0.160. The maximum atomic E-state index is 13.5. The number of carbonyl (C=O) groups is 1. The fourth-order valence-corrected chi connectivity index (χ4v) is 3.53. The van der Waals surface area contributed by atoms with Gasteiger partial charge in [-0.3, -0.25) is 9.78 Å². The molecule has 0 spiro atoms. The van der Waals surface area contributed by atoms with Crippen LogP contribution in [0.25, 0.3) is 22.3 Å². The summed E-state index contributed by atoms with van der Waals surface area (Å²) in [5.74, 6) is 0.195. The molecule has 7 heteroatoms. The van der Waals surface area contributed by atoms with Gasteiger partial charge in [-0.15, -0.1) is 0 Å². The minimum atomic E-state index is -0.690. The number of aryl methyl sites for hydroxylation is 2. The molecule has 2 aromatic carbocycles. The molecular weight excluding hydrogens is 410 g/mol. The Balaban J connectivity index is 1.97. The van der Waals surface area contributed by atoms with E-state index < -0.39 is 11.4 Å². The van der Waals surface area contributed by atoms with Crippen molar-refractivity contribution in [1.29, 1.82) is 0 Å². The normalized spacial score (nSPS) is 10.8. The van der Waals surface area contributed by atoms with Crippen LogP contribution in [-0.2, 0) is 0 Å². The highest BCUT2D eigenvalue weighted by atomic mass is 16.5. The molecule has 0 unspecified atom stereocenters. The number of hydrogen-bond acceptors (Lipinski definition) is 7. The van der Waals surface area contributed by atoms with E-state index in [4.69, 9.17) is 18.6 Å². The molecule has 32 heavy (non-hydrogen) atoms. The number of benzene rings is 2. The summed E-state index contributed by atoms with van der Waals surface area (Å²) in [5.41, 5.74) is 2.44. The van der Waals surface area contributed by atoms with Crippen LogP contribution in [0.4, 0.5) is 0 Å². The van der Waals surface area contributed by atoms with Gasteiger partial charge in [-0.25, -0.2) is 4.79 Å². The molecule has 0 saturated heterocycles. The summed E-state index contributed by atoms with van der Waals surface area (Å²) >= 11 is 0. The highest BCUT2D eigenvalue weighted by molar-refractivity contribution is 5.93. The van der Waals surface area contributed by atoms with E-state index in [9.17, 15) is 9.59 Å². The second-order valence-electron chi connectivity index (χ2n) is 7.24. The molecule has 4 aromatic rings. The summed E-state index contributed by atoms with van der Waals surface area (Å²) in [4.78, 5) is 30.1. The van der Waals surface area contributed by atoms with Gasteiger partial charge in [-0.1, -0.05) is 6.07 Å². The topological polar surface area (TPSA) is 87.9 Å². The van der Waals surface area contributed by atoms with Gasteiger partial charge in [0.05, 0.1) is 25.2 Å². The number of fused-ring (bicyclic) bond motifs is 1. The van der Waals surface area contributed by atoms with Crippen molar-refractivity contribution in [2.75, 3.05) is 14.2 Å². The fourth-order valence-electron chi connectivity index (χ4n) is 3.53. The van der Waals surface area contributed by atoms with Gasteiger partial charge in [0, 0.05) is 18.0 Å². The molecule has 0 aliphatic carbocycles. The van der Waals surface area contributed by atoms with E-state index in [2.05, 4.69) is 4.98 Å². The average Bonchev–Trinajstić information content (AvgIpc) is 2.81. The largest absolute Gasteiger partial charge is 0.493 e. The molecule has 0 aliphatic rings. The van der Waals surface area contributed by atoms with Crippen molar-refractivity contribution in [2.24, 2.45) is 0 Å². The minimum absolute atomic E-state index is 0.123. The van der Waals surface area contributed by atoms with Crippen LogP contribution in [0.1, 0.15) is 21.5 Å². The summed E-state index contributed by atoms with van der Waals surface area (Å²) in [7, 11) is 3.04. The lowest BCUT2D eigenvalue weighted by molar-refractivity contribution is 0.0731. The second-order valence-corrected chi connectivity index (χ2v) is 7.24. The predicted molar refractivity (Wildman–Crippen MR) is 120 cm³/mol. The van der Waals surface area contributed by atoms with Crippen LogP contribution in [0.2, 0.25) is 0 Å². The van der Waals surface area contributed by atoms with E-state index >= 15 is 0 Å². The molecule has 0 radical (unpaired) electrons. The molecule has 0 amide bonds. The minimum Gasteiger partial charge on any atom is -0.493 e. The van der Waals surface area contributed by atoms with Gasteiger partial charge < -0.3 is 18.6 Å². The molecule has 162 valence electrons. The first kappa shape index (κ1) is 21.1. The summed E-state index contributed by atoms with van der Waals surface area (Å²) < 4.78 is 22.4. The predicted octanol–water partition coefficient (Wildman–Crippen LogP) is 4.71. The number of methoxy groups -OCH3 is 2. The molecule has 0 fully saturated rings. The van der Waals surface area contributed by atoms with Gasteiger partial charge in [-0.05, 0) is 61.4 Å². The van der Waals surface area contributed by atoms with Crippen molar-refractivity contribution in [3.63, 3.8) is 0 Å². The van der Waals surface area contributed by atoms with E-state index in [0.717, 1.165) is 11.1 Å². The van der Waals surface area contributed by atoms with Crippen molar-refractivity contribution in [2.45, 2.75) is 13.8 Å². The average molecular weight is 431 g/mol. The lowest BCUT2D eigenvalue weighted by atomic mass is 10.0. The lowest BCUT2D eigenvalue weighted by Gasteiger charge is -2.14. The molecule has 0 bridgehead atoms. The third-order valence-electron chi connectivity index (χ3n) is 5.04. The quantitative estimate of drug-likeness (QED) is 0.423. The Hall–Kier alpha value is -4.13. The Kier molecular flexibility index (Phi) is 5.64. The maximum Gasteiger partial charge on any atom is 0.343 e. The Bertz CT molecular complexity index is 1380. The monoisotopic (exact) mass is 431 g/mol. The SMILES string of the molecule is COc1ccc(-c2oc3c(C)cc(C)cc3c(=O)c2OC(=O)c2ccncc2)cc1OC. The Morgan fingerprint density at radius 3 is 2.34 bits per heavy atom. The van der Waals surface area contributed by atoms with Crippen LogP contribution in [0.5, 0.6) is 17.2 Å². The summed E-state index contributed by atoms with van der Waals surface area (Å²) in [5, 5.41) is 0.337. The first-order valence-electron chi connectivity index (χ1n) is 9.85. The summed E-state index contributed by atoms with van der Waals surface area (Å²) in [6.45, 7) is 3.75. The number of esters is 1. The van der Waals surface area contributed by atoms with Crippen molar-refractivity contribution in [1.82, 2.24) is 4.98 Å². The van der Waals surface area contributed by atoms with Crippen LogP contribution in [0.15, 0.2) is 64.1 Å². The highest BCUT2D eigenvalue weighted by Crippen LogP contribution is 2.37. The van der Waals surface area contributed by atoms with E-state index in [1.165, 1.54) is 38.7 Å². The zero-order chi connectivity index (χ0) is 22.8. The van der Waals surface area contributed by atoms with Crippen LogP contribution >= 0.6 is 0 Å². The van der Waals surface area contributed by atoms with Crippen molar-refractivity contribution >= 4 is 16.9 Å². The molecule has 2 aromatic heterocycles. The van der Waals surface area contributed by atoms with Crippen LogP contribution in [0.3, 0.4) is 0 Å². The van der Waals surface area contributed by atoms with Gasteiger partial charge >= 0.3 is 5.97 Å². The van der Waals surface area contributed by atoms with Gasteiger partial charge in [0.25, 0.3) is 0 Å². The second kappa shape index (κ2) is 8.55. The third kappa shape index (κ3) is 3.80. The standard InChI is InChI=1S/C25H21NO6/c1-14-11-15(2)22-18(12-14)21(27)24(32-25(28)16-7-9-26-10-8-16)23(31-22)17-5-6-19(29-3)20(13-17)30-4/h5-13H,1-4H3. The Labute approximate surface area is 184 Å². The number of pyridine rings is 1. The molecule has 4 rings (SSSR count). The van der Waals surface area contributed by atoms with Gasteiger partial charge in [0.15, 0.2) is 17.3 Å². The molecule has 7 nitrogen and oxygen atoms in total. The van der Waals surface area contributed by atoms with Gasteiger partial charge in [0.1, 0.15) is 5.58 Å². The first-order chi connectivity index (χ1) is 15.4. The van der Waals surface area contributed by atoms with Crippen LogP contribution in [-0.4, -0.2) is 25.2 Å². The number of rotatable bonds is 5. The maximum absolute atomic E-state index is 13.5. The van der Waals surface area contributed by atoms with Crippen molar-refractivity contribution in [3.8, 4) is 28.6 Å². The number of carbonyl (C=O) groups excluding carboxylic acids is 1. The Morgan fingerprint density at radius 1 is 0.938 bits per heavy atom. The van der Waals surface area contributed by atoms with E-state index in [1.807, 2.05) is 19.9 Å². The zero-order valence-corrected chi connectivity index (χ0v) is 18.1. The first-order valence-corrected chi connectivity index (χ1v) is 9.85. The molecule has 0 atom stereocenters. The van der Waals surface area contributed by atoms with E-state index in [0.29, 0.717) is 28.0 Å². The highest BCUT2D eigenvalue weighted by Gasteiger charge is 2.23. The Morgan fingerprint density at radius 2 is 1.66 bits per heavy atom. The number of nitrogens with zero attached hydrogens (tertiary/aromatic N) is 1. The molecular formula is C25H21NO6. The summed E-state index contributed by atoms with van der Waals surface area (Å²) in [6.07, 6.45) is 2.95. The zero-order valence-electron chi connectivity index (χ0n) is 18.1. The van der Waals surface area contributed by atoms with E-state index in [-0.39, 0.29) is 17.1 Å². The number of aromatic nitrogens is 1. The third-order valence-corrected chi connectivity index (χ3v) is 5.04. The molecule has 2 heterocycles. The lowest BCUT2D eigenvalue weighted by Crippen LogP contribution is -2.16. The van der Waals surface area contributed by atoms with E-state index in [1.54, 1.807) is 24.3 Å².